The number of carbonyl (C=O) groups is 1. The van der Waals surface area contributed by atoms with Crippen LogP contribution in [-0.4, -0.2) is 47.1 Å². The van der Waals surface area contributed by atoms with Crippen LogP contribution in [0.5, 0.6) is 0 Å². The van der Waals surface area contributed by atoms with Crippen molar-refractivity contribution in [1.29, 1.82) is 0 Å². The van der Waals surface area contributed by atoms with Gasteiger partial charge < -0.3 is 10.4 Å². The smallest absolute Gasteiger partial charge is 0.317 e. The van der Waals surface area contributed by atoms with Gasteiger partial charge in [0.1, 0.15) is 0 Å². The predicted octanol–water partition coefficient (Wildman–Crippen LogP) is 1.59. The molecule has 1 aliphatic rings. The first-order valence-electron chi connectivity index (χ1n) is 7.25. The zero-order valence-corrected chi connectivity index (χ0v) is 12.8. The number of aromatic nitrogens is 1. The van der Waals surface area contributed by atoms with Crippen molar-refractivity contribution < 1.29 is 9.90 Å². The van der Waals surface area contributed by atoms with Crippen molar-refractivity contribution in [3.63, 3.8) is 0 Å². The maximum atomic E-state index is 10.5. The van der Waals surface area contributed by atoms with Gasteiger partial charge >= 0.3 is 5.97 Å². The van der Waals surface area contributed by atoms with Gasteiger partial charge in [0.05, 0.1) is 17.2 Å². The van der Waals surface area contributed by atoms with Crippen molar-refractivity contribution in [2.45, 2.75) is 32.7 Å². The molecule has 5 nitrogen and oxygen atoms in total. The Hall–Kier alpha value is -0.980. The standard InChI is InChI=1S/C14H23N3O2S/c1-2-13-16-12(10-20-13)9-17-5-3-4-11(8-17)6-15-7-14(18)19/h10-11,15H,2-9H2,1H3,(H,18,19). The number of carboxylic acid groups (broad SMARTS) is 1. The highest BCUT2D eigenvalue weighted by Gasteiger charge is 2.20. The Morgan fingerprint density at radius 1 is 1.65 bits per heavy atom. The fourth-order valence-corrected chi connectivity index (χ4v) is 3.39. The van der Waals surface area contributed by atoms with Crippen LogP contribution in [0.4, 0.5) is 0 Å². The molecule has 1 unspecified atom stereocenters. The lowest BCUT2D eigenvalue weighted by Gasteiger charge is -2.32. The fraction of sp³-hybridized carbons (Fsp3) is 0.714. The number of hydrogen-bond donors (Lipinski definition) is 2. The average molecular weight is 297 g/mol. The summed E-state index contributed by atoms with van der Waals surface area (Å²) in [6.45, 7) is 6.06. The number of carboxylic acids is 1. The molecule has 1 fully saturated rings. The molecule has 1 atom stereocenters. The molecule has 2 rings (SSSR count). The first-order valence-corrected chi connectivity index (χ1v) is 8.13. The van der Waals surface area contributed by atoms with Gasteiger partial charge in [0, 0.05) is 18.5 Å². The second-order valence-electron chi connectivity index (χ2n) is 5.35. The van der Waals surface area contributed by atoms with E-state index in [1.54, 1.807) is 11.3 Å². The Balaban J connectivity index is 1.76. The molecule has 0 aliphatic carbocycles. The summed E-state index contributed by atoms with van der Waals surface area (Å²) in [7, 11) is 0. The third-order valence-corrected chi connectivity index (χ3v) is 4.64. The molecule has 2 N–H and O–H groups in total. The number of nitrogens with one attached hydrogen (secondary N) is 1. The summed E-state index contributed by atoms with van der Waals surface area (Å²) in [6.07, 6.45) is 3.37. The molecule has 0 radical (unpaired) electrons. The Morgan fingerprint density at radius 2 is 2.50 bits per heavy atom. The Bertz CT molecular complexity index is 436. The molecule has 0 bridgehead atoms. The second-order valence-corrected chi connectivity index (χ2v) is 6.30. The van der Waals surface area contributed by atoms with Crippen molar-refractivity contribution in [2.75, 3.05) is 26.2 Å². The number of piperidine rings is 1. The number of aliphatic carboxylic acids is 1. The molecule has 0 saturated carbocycles. The minimum atomic E-state index is -0.785. The van der Waals surface area contributed by atoms with E-state index >= 15 is 0 Å². The molecule has 2 heterocycles. The Kier molecular flexibility index (Phi) is 5.94. The van der Waals surface area contributed by atoms with E-state index in [-0.39, 0.29) is 6.54 Å². The van der Waals surface area contributed by atoms with Crippen molar-refractivity contribution in [2.24, 2.45) is 5.92 Å². The summed E-state index contributed by atoms with van der Waals surface area (Å²) in [5, 5.41) is 15.0. The average Bonchev–Trinajstić information content (AvgIpc) is 2.86. The third-order valence-electron chi connectivity index (χ3n) is 3.60. The summed E-state index contributed by atoms with van der Waals surface area (Å²) < 4.78 is 0. The minimum Gasteiger partial charge on any atom is -0.480 e. The Morgan fingerprint density at radius 3 is 3.20 bits per heavy atom. The predicted molar refractivity (Wildman–Crippen MR) is 80.0 cm³/mol. The first kappa shape index (κ1) is 15.4. The van der Waals surface area contributed by atoms with Crippen LogP contribution in [0.3, 0.4) is 0 Å². The van der Waals surface area contributed by atoms with Gasteiger partial charge in [-0.1, -0.05) is 6.92 Å². The lowest BCUT2D eigenvalue weighted by Crippen LogP contribution is -2.40. The minimum absolute atomic E-state index is 0.0580. The van der Waals surface area contributed by atoms with E-state index in [1.807, 2.05) is 0 Å². The van der Waals surface area contributed by atoms with Gasteiger partial charge in [-0.15, -0.1) is 11.3 Å². The largest absolute Gasteiger partial charge is 0.480 e. The molecule has 1 saturated heterocycles. The topological polar surface area (TPSA) is 65.5 Å². The molecular weight excluding hydrogens is 274 g/mol. The van der Waals surface area contributed by atoms with E-state index in [1.165, 1.54) is 23.5 Å². The lowest BCUT2D eigenvalue weighted by molar-refractivity contribution is -0.136. The summed E-state index contributed by atoms with van der Waals surface area (Å²) in [6, 6.07) is 0. The molecule has 1 aromatic rings. The van der Waals surface area contributed by atoms with Gasteiger partial charge in [-0.05, 0) is 38.3 Å². The summed E-state index contributed by atoms with van der Waals surface area (Å²) in [4.78, 5) is 17.5. The normalized spacial score (nSPS) is 20.1. The maximum absolute atomic E-state index is 10.5. The Labute approximate surface area is 124 Å². The molecule has 20 heavy (non-hydrogen) atoms. The molecule has 0 amide bonds. The summed E-state index contributed by atoms with van der Waals surface area (Å²) in [5.74, 6) is -0.236. The van der Waals surface area contributed by atoms with Gasteiger partial charge in [-0.3, -0.25) is 9.69 Å². The highest BCUT2D eigenvalue weighted by molar-refractivity contribution is 7.09. The van der Waals surface area contributed by atoms with Gasteiger partial charge in [0.2, 0.25) is 0 Å². The van der Waals surface area contributed by atoms with Crippen molar-refractivity contribution in [1.82, 2.24) is 15.2 Å². The zero-order chi connectivity index (χ0) is 14.4. The van der Waals surface area contributed by atoms with E-state index in [4.69, 9.17) is 5.11 Å². The monoisotopic (exact) mass is 297 g/mol. The molecule has 0 spiro atoms. The quantitative estimate of drug-likeness (QED) is 0.800. The van der Waals surface area contributed by atoms with Crippen LogP contribution in [0.2, 0.25) is 0 Å². The van der Waals surface area contributed by atoms with Crippen LogP contribution in [0, 0.1) is 5.92 Å². The SMILES string of the molecule is CCc1nc(CN2CCCC(CNCC(=O)O)C2)cs1. The summed E-state index contributed by atoms with van der Waals surface area (Å²) in [5.41, 5.74) is 1.17. The van der Waals surface area contributed by atoms with E-state index in [9.17, 15) is 4.79 Å². The third kappa shape index (κ3) is 4.85. The zero-order valence-electron chi connectivity index (χ0n) is 12.0. The van der Waals surface area contributed by atoms with Gasteiger partial charge in [-0.25, -0.2) is 4.98 Å². The number of thiazole rings is 1. The van der Waals surface area contributed by atoms with Gasteiger partial charge in [-0.2, -0.15) is 0 Å². The first-order chi connectivity index (χ1) is 9.67. The molecular formula is C14H23N3O2S. The van der Waals surface area contributed by atoms with Crippen molar-refractivity contribution >= 4 is 17.3 Å². The fourth-order valence-electron chi connectivity index (χ4n) is 2.66. The molecule has 1 aliphatic heterocycles. The van der Waals surface area contributed by atoms with Crippen molar-refractivity contribution in [3.05, 3.63) is 16.1 Å². The van der Waals surface area contributed by atoms with E-state index < -0.39 is 5.97 Å². The number of rotatable bonds is 7. The second kappa shape index (κ2) is 7.71. The van der Waals surface area contributed by atoms with Crippen LogP contribution in [0.1, 0.15) is 30.5 Å². The molecule has 0 aromatic carbocycles. The van der Waals surface area contributed by atoms with Crippen LogP contribution in [0.25, 0.3) is 0 Å². The summed E-state index contributed by atoms with van der Waals surface area (Å²) >= 11 is 1.74. The van der Waals surface area contributed by atoms with Gasteiger partial charge in [0.15, 0.2) is 0 Å². The van der Waals surface area contributed by atoms with Crippen LogP contribution >= 0.6 is 11.3 Å². The van der Waals surface area contributed by atoms with Crippen molar-refractivity contribution in [3.8, 4) is 0 Å². The highest BCUT2D eigenvalue weighted by atomic mass is 32.1. The number of likely N-dealkylation sites (tertiary alicyclic amines) is 1. The lowest BCUT2D eigenvalue weighted by atomic mass is 9.98. The van der Waals surface area contributed by atoms with E-state index in [2.05, 4.69) is 27.5 Å². The van der Waals surface area contributed by atoms with Crippen LogP contribution < -0.4 is 5.32 Å². The maximum Gasteiger partial charge on any atom is 0.317 e. The molecule has 1 aromatic heterocycles. The van der Waals surface area contributed by atoms with E-state index in [0.29, 0.717) is 5.92 Å². The number of nitrogens with zero attached hydrogens (tertiary/aromatic N) is 2. The van der Waals surface area contributed by atoms with E-state index in [0.717, 1.165) is 32.6 Å². The number of hydrogen-bond acceptors (Lipinski definition) is 5. The van der Waals surface area contributed by atoms with Crippen LogP contribution in [0.15, 0.2) is 5.38 Å². The molecule has 6 heteroatoms. The van der Waals surface area contributed by atoms with Crippen LogP contribution in [-0.2, 0) is 17.8 Å². The molecule has 112 valence electrons. The highest BCUT2D eigenvalue weighted by Crippen LogP contribution is 2.19. The number of aryl methyl sites for hydroxylation is 1. The van der Waals surface area contributed by atoms with Gasteiger partial charge in [0.25, 0.3) is 0 Å².